The summed E-state index contributed by atoms with van der Waals surface area (Å²) in [5, 5.41) is 8.57. The molecule has 0 unspecified atom stereocenters. The second kappa shape index (κ2) is 6.85. The molecule has 0 atom stereocenters. The van der Waals surface area contributed by atoms with E-state index in [0.717, 1.165) is 17.9 Å². The third-order valence-corrected chi connectivity index (χ3v) is 3.34. The lowest BCUT2D eigenvalue weighted by Gasteiger charge is -2.24. The van der Waals surface area contributed by atoms with Crippen LogP contribution in [0.3, 0.4) is 0 Å². The molecule has 0 aromatic carbocycles. The Bertz CT molecular complexity index is 217. The van der Waals surface area contributed by atoms with Crippen LogP contribution in [0.4, 0.5) is 0 Å². The fourth-order valence-electron chi connectivity index (χ4n) is 1.47. The van der Waals surface area contributed by atoms with Crippen molar-refractivity contribution in [2.45, 2.75) is 25.7 Å². The summed E-state index contributed by atoms with van der Waals surface area (Å²) in [5.41, 5.74) is 0. The quantitative estimate of drug-likeness (QED) is 0.538. The number of nitrogens with zero attached hydrogens (tertiary/aromatic N) is 1. The van der Waals surface area contributed by atoms with Crippen LogP contribution in [0.25, 0.3) is 0 Å². The predicted molar refractivity (Wildman–Crippen MR) is 59.6 cm³/mol. The molecule has 1 aliphatic rings. The van der Waals surface area contributed by atoms with Crippen LogP contribution >= 0.6 is 11.8 Å². The SMILES string of the molecule is O=C1CCCC(=O)N1CCSCCCO. The molecular formula is C10H17NO3S. The number of aliphatic hydroxyl groups is 1. The monoisotopic (exact) mass is 231 g/mol. The molecule has 1 rings (SSSR count). The molecule has 0 bridgehead atoms. The largest absolute Gasteiger partial charge is 0.396 e. The zero-order chi connectivity index (χ0) is 11.1. The van der Waals surface area contributed by atoms with Crippen LogP contribution in [0.1, 0.15) is 25.7 Å². The molecule has 0 saturated carbocycles. The van der Waals surface area contributed by atoms with E-state index in [1.54, 1.807) is 11.8 Å². The second-order valence-electron chi connectivity index (χ2n) is 3.48. The van der Waals surface area contributed by atoms with Crippen molar-refractivity contribution in [3.8, 4) is 0 Å². The smallest absolute Gasteiger partial charge is 0.229 e. The Morgan fingerprint density at radius 1 is 1.20 bits per heavy atom. The molecule has 1 fully saturated rings. The van der Waals surface area contributed by atoms with Crippen LogP contribution in [0.2, 0.25) is 0 Å². The van der Waals surface area contributed by atoms with E-state index >= 15 is 0 Å². The number of aliphatic hydroxyl groups excluding tert-OH is 1. The molecule has 4 nitrogen and oxygen atoms in total. The lowest BCUT2D eigenvalue weighted by Crippen LogP contribution is -2.41. The summed E-state index contributed by atoms with van der Waals surface area (Å²) in [4.78, 5) is 24.1. The Kier molecular flexibility index (Phi) is 5.71. The lowest BCUT2D eigenvalue weighted by molar-refractivity contribution is -0.147. The minimum Gasteiger partial charge on any atom is -0.396 e. The molecule has 0 aliphatic carbocycles. The summed E-state index contributed by atoms with van der Waals surface area (Å²) in [6, 6.07) is 0. The summed E-state index contributed by atoms with van der Waals surface area (Å²) in [7, 11) is 0. The Morgan fingerprint density at radius 3 is 2.47 bits per heavy atom. The summed E-state index contributed by atoms with van der Waals surface area (Å²) in [5.74, 6) is 1.59. The fraction of sp³-hybridized carbons (Fsp3) is 0.800. The number of rotatable bonds is 6. The number of thioether (sulfide) groups is 1. The highest BCUT2D eigenvalue weighted by Gasteiger charge is 2.24. The van der Waals surface area contributed by atoms with Gasteiger partial charge in [0.2, 0.25) is 11.8 Å². The van der Waals surface area contributed by atoms with Gasteiger partial charge in [0, 0.05) is 31.7 Å². The van der Waals surface area contributed by atoms with Crippen molar-refractivity contribution in [3.05, 3.63) is 0 Å². The van der Waals surface area contributed by atoms with E-state index in [1.807, 2.05) is 0 Å². The zero-order valence-corrected chi connectivity index (χ0v) is 9.59. The van der Waals surface area contributed by atoms with Crippen molar-refractivity contribution in [2.75, 3.05) is 24.7 Å². The van der Waals surface area contributed by atoms with Gasteiger partial charge < -0.3 is 5.11 Å². The van der Waals surface area contributed by atoms with Gasteiger partial charge in [-0.1, -0.05) is 0 Å². The van der Waals surface area contributed by atoms with E-state index in [1.165, 1.54) is 4.90 Å². The first kappa shape index (κ1) is 12.5. The van der Waals surface area contributed by atoms with Gasteiger partial charge in [-0.3, -0.25) is 14.5 Å². The second-order valence-corrected chi connectivity index (χ2v) is 4.71. The number of likely N-dealkylation sites (tertiary alicyclic amines) is 1. The van der Waals surface area contributed by atoms with Gasteiger partial charge >= 0.3 is 0 Å². The van der Waals surface area contributed by atoms with Gasteiger partial charge in [0.15, 0.2) is 0 Å². The van der Waals surface area contributed by atoms with Crippen molar-refractivity contribution >= 4 is 23.6 Å². The van der Waals surface area contributed by atoms with E-state index < -0.39 is 0 Å². The van der Waals surface area contributed by atoms with Crippen molar-refractivity contribution in [2.24, 2.45) is 0 Å². The predicted octanol–water partition coefficient (Wildman–Crippen LogP) is 0.641. The molecule has 15 heavy (non-hydrogen) atoms. The van der Waals surface area contributed by atoms with Crippen LogP contribution in [-0.2, 0) is 9.59 Å². The van der Waals surface area contributed by atoms with Gasteiger partial charge in [-0.25, -0.2) is 0 Å². The van der Waals surface area contributed by atoms with Crippen LogP contribution in [0.15, 0.2) is 0 Å². The molecule has 2 amide bonds. The first-order chi connectivity index (χ1) is 7.25. The lowest BCUT2D eigenvalue weighted by atomic mass is 10.1. The Hall–Kier alpha value is -0.550. The van der Waals surface area contributed by atoms with Gasteiger partial charge in [0.1, 0.15) is 0 Å². The van der Waals surface area contributed by atoms with Gasteiger partial charge in [-0.05, 0) is 18.6 Å². The molecule has 0 spiro atoms. The maximum atomic E-state index is 11.4. The number of piperidine rings is 1. The van der Waals surface area contributed by atoms with Crippen LogP contribution in [0, 0.1) is 0 Å². The maximum Gasteiger partial charge on any atom is 0.229 e. The van der Waals surface area contributed by atoms with E-state index in [2.05, 4.69) is 0 Å². The number of imide groups is 1. The van der Waals surface area contributed by atoms with Gasteiger partial charge in [-0.15, -0.1) is 0 Å². The molecule has 86 valence electrons. The standard InChI is InChI=1S/C10H17NO3S/c12-6-2-7-15-8-5-11-9(13)3-1-4-10(11)14/h12H,1-8H2. The van der Waals surface area contributed by atoms with Gasteiger partial charge in [0.25, 0.3) is 0 Å². The topological polar surface area (TPSA) is 57.6 Å². The molecule has 0 aromatic rings. The fourth-order valence-corrected chi connectivity index (χ4v) is 2.32. The highest BCUT2D eigenvalue weighted by atomic mass is 32.2. The number of hydrogen-bond acceptors (Lipinski definition) is 4. The number of hydrogen-bond donors (Lipinski definition) is 1. The highest BCUT2D eigenvalue weighted by molar-refractivity contribution is 7.99. The molecule has 1 heterocycles. The van der Waals surface area contributed by atoms with Crippen molar-refractivity contribution in [1.29, 1.82) is 0 Å². The number of carbonyl (C=O) groups excluding carboxylic acids is 2. The van der Waals surface area contributed by atoms with E-state index in [0.29, 0.717) is 25.8 Å². The summed E-state index contributed by atoms with van der Waals surface area (Å²) in [6.45, 7) is 0.725. The van der Waals surface area contributed by atoms with Crippen molar-refractivity contribution < 1.29 is 14.7 Å². The van der Waals surface area contributed by atoms with E-state index in [4.69, 9.17) is 5.11 Å². The van der Waals surface area contributed by atoms with E-state index in [9.17, 15) is 9.59 Å². The first-order valence-electron chi connectivity index (χ1n) is 5.27. The Labute approximate surface area is 94.0 Å². The van der Waals surface area contributed by atoms with Crippen molar-refractivity contribution in [1.82, 2.24) is 4.90 Å². The van der Waals surface area contributed by atoms with Crippen molar-refractivity contribution in [3.63, 3.8) is 0 Å². The number of carbonyl (C=O) groups is 2. The van der Waals surface area contributed by atoms with Crippen LogP contribution < -0.4 is 0 Å². The Balaban J connectivity index is 2.18. The molecule has 0 aromatic heterocycles. The zero-order valence-electron chi connectivity index (χ0n) is 8.78. The third-order valence-electron chi connectivity index (χ3n) is 2.29. The van der Waals surface area contributed by atoms with Gasteiger partial charge in [0.05, 0.1) is 0 Å². The molecule has 1 aliphatic heterocycles. The highest BCUT2D eigenvalue weighted by Crippen LogP contribution is 2.13. The normalized spacial score (nSPS) is 17.3. The molecule has 0 radical (unpaired) electrons. The average molecular weight is 231 g/mol. The minimum atomic E-state index is -0.0333. The maximum absolute atomic E-state index is 11.4. The average Bonchev–Trinajstić information content (AvgIpc) is 2.21. The summed E-state index contributed by atoms with van der Waals surface area (Å²) < 4.78 is 0. The number of amides is 2. The molecule has 1 N–H and O–H groups in total. The van der Waals surface area contributed by atoms with E-state index in [-0.39, 0.29) is 18.4 Å². The minimum absolute atomic E-state index is 0.0333. The molecular weight excluding hydrogens is 214 g/mol. The van der Waals surface area contributed by atoms with Gasteiger partial charge in [-0.2, -0.15) is 11.8 Å². The van der Waals surface area contributed by atoms with Crippen LogP contribution in [0.5, 0.6) is 0 Å². The first-order valence-corrected chi connectivity index (χ1v) is 6.43. The summed E-state index contributed by atoms with van der Waals surface area (Å²) in [6.07, 6.45) is 2.48. The molecule has 5 heteroatoms. The third kappa shape index (κ3) is 4.22. The Morgan fingerprint density at radius 2 is 1.87 bits per heavy atom. The van der Waals surface area contributed by atoms with Crippen LogP contribution in [-0.4, -0.2) is 46.5 Å². The molecule has 1 saturated heterocycles. The summed E-state index contributed by atoms with van der Waals surface area (Å²) >= 11 is 1.67.